The molecule has 4 aliphatic rings. The van der Waals surface area contributed by atoms with E-state index in [0.29, 0.717) is 11.5 Å². The molecule has 6 atom stereocenters. The van der Waals surface area contributed by atoms with Gasteiger partial charge in [0.25, 0.3) is 5.91 Å². The molecule has 2 aromatic carbocycles. The van der Waals surface area contributed by atoms with Gasteiger partial charge in [-0.3, -0.25) is 9.59 Å². The van der Waals surface area contributed by atoms with Gasteiger partial charge in [-0.25, -0.2) is 0 Å². The number of fused-ring (bicyclic) bond motifs is 3. The fourth-order valence-corrected chi connectivity index (χ4v) is 7.08. The highest BCUT2D eigenvalue weighted by molar-refractivity contribution is 5.95. The van der Waals surface area contributed by atoms with Crippen LogP contribution in [0.5, 0.6) is 0 Å². The lowest BCUT2D eigenvalue weighted by Crippen LogP contribution is -2.51. The van der Waals surface area contributed by atoms with Gasteiger partial charge in [0.05, 0.1) is 18.0 Å². The Hall–Kier alpha value is -3.85. The Balaban J connectivity index is 1.25. The summed E-state index contributed by atoms with van der Waals surface area (Å²) in [6, 6.07) is 20.0. The molecule has 2 aromatic rings. The Kier molecular flexibility index (Phi) is 6.76. The minimum absolute atomic E-state index is 0.0205. The molecule has 2 N–H and O–H groups in total. The second-order valence-corrected chi connectivity index (χ2v) is 11.1. The van der Waals surface area contributed by atoms with Crippen LogP contribution in [0.2, 0.25) is 0 Å². The summed E-state index contributed by atoms with van der Waals surface area (Å²) in [5, 5.41) is 16.3. The van der Waals surface area contributed by atoms with Gasteiger partial charge in [-0.15, -0.1) is 0 Å². The number of likely N-dealkylation sites (tertiary alicyclic amines) is 1. The van der Waals surface area contributed by atoms with E-state index in [9.17, 15) is 14.9 Å². The molecule has 2 fully saturated rings. The summed E-state index contributed by atoms with van der Waals surface area (Å²) < 4.78 is 0. The van der Waals surface area contributed by atoms with E-state index in [0.717, 1.165) is 56.3 Å². The fourth-order valence-electron chi connectivity index (χ4n) is 7.08. The molecule has 0 radical (unpaired) electrons. The summed E-state index contributed by atoms with van der Waals surface area (Å²) in [6.45, 7) is 0.728. The number of nitriles is 1. The molecule has 1 unspecified atom stereocenters. The molecule has 0 bridgehead atoms. The van der Waals surface area contributed by atoms with Crippen molar-refractivity contribution in [3.8, 4) is 6.07 Å². The molecule has 38 heavy (non-hydrogen) atoms. The van der Waals surface area contributed by atoms with Crippen molar-refractivity contribution in [2.24, 2.45) is 17.8 Å². The number of para-hydroxylation sites is 1. The first-order chi connectivity index (χ1) is 18.6. The van der Waals surface area contributed by atoms with Gasteiger partial charge in [-0.1, -0.05) is 61.4 Å². The van der Waals surface area contributed by atoms with Crippen LogP contribution < -0.4 is 10.6 Å². The van der Waals surface area contributed by atoms with E-state index in [1.807, 2.05) is 48.6 Å². The fraction of sp³-hybridized carbons (Fsp3) is 0.406. The van der Waals surface area contributed by atoms with Crippen molar-refractivity contribution >= 4 is 17.5 Å². The molecule has 2 heterocycles. The van der Waals surface area contributed by atoms with Crippen molar-refractivity contribution < 1.29 is 9.59 Å². The van der Waals surface area contributed by atoms with Gasteiger partial charge in [0.2, 0.25) is 5.91 Å². The lowest BCUT2D eigenvalue weighted by Gasteiger charge is -2.44. The summed E-state index contributed by atoms with van der Waals surface area (Å²) >= 11 is 0. The van der Waals surface area contributed by atoms with E-state index in [4.69, 9.17) is 0 Å². The van der Waals surface area contributed by atoms with Crippen LogP contribution in [0.25, 0.3) is 0 Å². The topological polar surface area (TPSA) is 85.2 Å². The van der Waals surface area contributed by atoms with E-state index in [1.54, 1.807) is 0 Å². The normalized spacial score (nSPS) is 29.8. The van der Waals surface area contributed by atoms with Crippen molar-refractivity contribution in [2.75, 3.05) is 11.9 Å². The van der Waals surface area contributed by atoms with Crippen LogP contribution in [0, 0.1) is 29.1 Å². The molecule has 2 amide bonds. The summed E-state index contributed by atoms with van der Waals surface area (Å²) in [6.07, 6.45) is 11.6. The number of amides is 2. The van der Waals surface area contributed by atoms with Crippen LogP contribution in [0.4, 0.5) is 5.69 Å². The molecule has 194 valence electrons. The first kappa shape index (κ1) is 24.5. The molecule has 1 saturated carbocycles. The molecule has 2 aliphatic carbocycles. The number of allylic oxidation sites excluding steroid dienone is 3. The molecule has 2 aliphatic heterocycles. The average Bonchev–Trinajstić information content (AvgIpc) is 3.43. The highest BCUT2D eigenvalue weighted by atomic mass is 16.2. The predicted octanol–water partition coefficient (Wildman–Crippen LogP) is 5.39. The maximum absolute atomic E-state index is 14.3. The van der Waals surface area contributed by atoms with Crippen LogP contribution in [-0.2, 0) is 4.79 Å². The minimum atomic E-state index is -0.202. The Morgan fingerprint density at radius 1 is 1.00 bits per heavy atom. The number of carbonyl (C=O) groups excluding carboxylic acids is 2. The van der Waals surface area contributed by atoms with Crippen molar-refractivity contribution in [1.29, 1.82) is 5.26 Å². The van der Waals surface area contributed by atoms with Crippen molar-refractivity contribution in [3.05, 3.63) is 89.5 Å². The second-order valence-electron chi connectivity index (χ2n) is 11.1. The standard InChI is InChI=1S/C32H34N4O2/c33-20-21-14-16-22(17-15-21)29-26-18-19-36(30(26)24-10-4-6-12-27(24)34-29)32(38)25-11-5-7-13-28(25)35-31(37)23-8-2-1-3-9-23/h1-4,6,8-10,12,14-16,22,25-26,28-30,34H,5,7,11,13,17-19H2,(H,35,37)/t22?,25-,26+,28+,29-,30-/m0/s1. The Morgan fingerprint density at radius 2 is 1.79 bits per heavy atom. The SMILES string of the molecule is N#CC1=CCC([C@@H]2Nc3ccccc3[C@H]3[C@@H]2CCN3C(=O)[C@H]2CCCC[C@H]2NC(=O)c2ccccc2)C=C1. The van der Waals surface area contributed by atoms with Gasteiger partial charge >= 0.3 is 0 Å². The summed E-state index contributed by atoms with van der Waals surface area (Å²) in [7, 11) is 0. The zero-order valence-corrected chi connectivity index (χ0v) is 21.6. The summed E-state index contributed by atoms with van der Waals surface area (Å²) in [4.78, 5) is 29.4. The summed E-state index contributed by atoms with van der Waals surface area (Å²) in [5.41, 5.74) is 3.64. The molecule has 6 rings (SSSR count). The third kappa shape index (κ3) is 4.51. The van der Waals surface area contributed by atoms with Crippen LogP contribution >= 0.6 is 0 Å². The molecule has 0 spiro atoms. The zero-order chi connectivity index (χ0) is 26.1. The van der Waals surface area contributed by atoms with Gasteiger partial charge < -0.3 is 15.5 Å². The van der Waals surface area contributed by atoms with Crippen LogP contribution in [0.15, 0.2) is 78.4 Å². The smallest absolute Gasteiger partial charge is 0.251 e. The number of anilines is 1. The number of nitrogens with zero attached hydrogens (tertiary/aromatic N) is 2. The quantitative estimate of drug-likeness (QED) is 0.583. The largest absolute Gasteiger partial charge is 0.381 e. The van der Waals surface area contributed by atoms with E-state index in [1.165, 1.54) is 5.56 Å². The zero-order valence-electron chi connectivity index (χ0n) is 21.6. The maximum atomic E-state index is 14.3. The minimum Gasteiger partial charge on any atom is -0.381 e. The maximum Gasteiger partial charge on any atom is 0.251 e. The first-order valence-corrected chi connectivity index (χ1v) is 13.9. The lowest BCUT2D eigenvalue weighted by molar-refractivity contribution is -0.139. The highest BCUT2D eigenvalue weighted by Gasteiger charge is 2.49. The first-order valence-electron chi connectivity index (χ1n) is 13.9. The van der Waals surface area contributed by atoms with E-state index in [2.05, 4.69) is 45.9 Å². The van der Waals surface area contributed by atoms with Crippen molar-refractivity contribution in [2.45, 2.75) is 56.7 Å². The average molecular weight is 507 g/mol. The molecule has 6 heteroatoms. The Morgan fingerprint density at radius 3 is 2.58 bits per heavy atom. The number of benzene rings is 2. The molecule has 0 aromatic heterocycles. The van der Waals surface area contributed by atoms with Gasteiger partial charge in [0, 0.05) is 47.3 Å². The van der Waals surface area contributed by atoms with E-state index >= 15 is 0 Å². The lowest BCUT2D eigenvalue weighted by atomic mass is 9.75. The van der Waals surface area contributed by atoms with Gasteiger partial charge in [-0.2, -0.15) is 5.26 Å². The summed E-state index contributed by atoms with van der Waals surface area (Å²) in [5.74, 6) is 0.441. The second kappa shape index (κ2) is 10.5. The van der Waals surface area contributed by atoms with Crippen molar-refractivity contribution in [3.63, 3.8) is 0 Å². The van der Waals surface area contributed by atoms with Gasteiger partial charge in [0.15, 0.2) is 0 Å². The van der Waals surface area contributed by atoms with Crippen LogP contribution in [-0.4, -0.2) is 35.3 Å². The third-order valence-electron chi connectivity index (χ3n) is 8.95. The number of nitrogens with one attached hydrogen (secondary N) is 2. The molecular weight excluding hydrogens is 472 g/mol. The predicted molar refractivity (Wildman–Crippen MR) is 147 cm³/mol. The molecular formula is C32H34N4O2. The third-order valence-corrected chi connectivity index (χ3v) is 8.95. The Labute approximate surface area is 224 Å². The van der Waals surface area contributed by atoms with Crippen LogP contribution in [0.1, 0.15) is 60.5 Å². The number of rotatable bonds is 4. The number of carbonyl (C=O) groups is 2. The molecule has 6 nitrogen and oxygen atoms in total. The monoisotopic (exact) mass is 506 g/mol. The van der Waals surface area contributed by atoms with Crippen LogP contribution in [0.3, 0.4) is 0 Å². The number of hydrogen-bond donors (Lipinski definition) is 2. The highest BCUT2D eigenvalue weighted by Crippen LogP contribution is 2.49. The number of hydrogen-bond acceptors (Lipinski definition) is 4. The van der Waals surface area contributed by atoms with Gasteiger partial charge in [-0.05, 0) is 55.5 Å². The van der Waals surface area contributed by atoms with Gasteiger partial charge in [0.1, 0.15) is 0 Å². The molecule has 1 saturated heterocycles. The van der Waals surface area contributed by atoms with E-state index in [-0.39, 0.29) is 41.8 Å². The Bertz CT molecular complexity index is 1310. The van der Waals surface area contributed by atoms with E-state index < -0.39 is 0 Å². The van der Waals surface area contributed by atoms with Crippen molar-refractivity contribution in [1.82, 2.24) is 10.2 Å².